The molecule has 1 amide bonds. The highest BCUT2D eigenvalue weighted by molar-refractivity contribution is 5.78. The minimum atomic E-state index is -0.0297. The number of methoxy groups -OCH3 is 1. The minimum Gasteiger partial charge on any atom is -0.497 e. The lowest BCUT2D eigenvalue weighted by atomic mass is 9.90. The number of amides is 1. The SMILES string of the molecule is CCCCN1C(=O)CCC(N)C1c1cccc(OC)c1. The van der Waals surface area contributed by atoms with Crippen LogP contribution in [0.4, 0.5) is 0 Å². The van der Waals surface area contributed by atoms with Gasteiger partial charge in [-0.3, -0.25) is 4.79 Å². The van der Waals surface area contributed by atoms with E-state index in [1.807, 2.05) is 29.2 Å². The second kappa shape index (κ2) is 6.75. The van der Waals surface area contributed by atoms with Gasteiger partial charge in [-0.25, -0.2) is 0 Å². The molecule has 0 aliphatic carbocycles. The van der Waals surface area contributed by atoms with Crippen LogP contribution in [0.3, 0.4) is 0 Å². The van der Waals surface area contributed by atoms with Gasteiger partial charge in [-0.1, -0.05) is 25.5 Å². The lowest BCUT2D eigenvalue weighted by Gasteiger charge is -2.40. The molecule has 2 atom stereocenters. The van der Waals surface area contributed by atoms with Crippen LogP contribution in [0.5, 0.6) is 5.75 Å². The molecular formula is C16H24N2O2. The number of piperidine rings is 1. The van der Waals surface area contributed by atoms with Crippen molar-refractivity contribution in [1.82, 2.24) is 4.90 Å². The summed E-state index contributed by atoms with van der Waals surface area (Å²) in [6, 6.07) is 7.86. The van der Waals surface area contributed by atoms with E-state index in [-0.39, 0.29) is 18.0 Å². The number of hydrogen-bond acceptors (Lipinski definition) is 3. The molecule has 2 N–H and O–H groups in total. The Balaban J connectivity index is 2.28. The van der Waals surface area contributed by atoms with Gasteiger partial charge < -0.3 is 15.4 Å². The summed E-state index contributed by atoms with van der Waals surface area (Å²) in [4.78, 5) is 14.2. The fraction of sp³-hybridized carbons (Fsp3) is 0.562. The molecule has 1 aliphatic rings. The topological polar surface area (TPSA) is 55.6 Å². The highest BCUT2D eigenvalue weighted by atomic mass is 16.5. The van der Waals surface area contributed by atoms with E-state index in [0.717, 1.165) is 37.1 Å². The summed E-state index contributed by atoms with van der Waals surface area (Å²) in [5.41, 5.74) is 7.36. The van der Waals surface area contributed by atoms with E-state index in [1.165, 1.54) is 0 Å². The molecule has 0 bridgehead atoms. The third-order valence-electron chi connectivity index (χ3n) is 3.94. The Morgan fingerprint density at radius 2 is 2.25 bits per heavy atom. The Labute approximate surface area is 120 Å². The largest absolute Gasteiger partial charge is 0.497 e. The summed E-state index contributed by atoms with van der Waals surface area (Å²) in [6.07, 6.45) is 3.40. The van der Waals surface area contributed by atoms with E-state index in [4.69, 9.17) is 10.5 Å². The third kappa shape index (κ3) is 3.12. The predicted molar refractivity (Wildman–Crippen MR) is 79.6 cm³/mol. The molecule has 2 unspecified atom stereocenters. The molecular weight excluding hydrogens is 252 g/mol. The van der Waals surface area contributed by atoms with Gasteiger partial charge >= 0.3 is 0 Å². The number of benzene rings is 1. The lowest BCUT2D eigenvalue weighted by molar-refractivity contribution is -0.137. The zero-order chi connectivity index (χ0) is 14.5. The maximum absolute atomic E-state index is 12.2. The van der Waals surface area contributed by atoms with Crippen LogP contribution in [-0.2, 0) is 4.79 Å². The van der Waals surface area contributed by atoms with Crippen LogP contribution >= 0.6 is 0 Å². The van der Waals surface area contributed by atoms with Crippen molar-refractivity contribution >= 4 is 5.91 Å². The van der Waals surface area contributed by atoms with Gasteiger partial charge in [-0.15, -0.1) is 0 Å². The van der Waals surface area contributed by atoms with Gasteiger partial charge in [0.05, 0.1) is 13.2 Å². The average Bonchev–Trinajstić information content (AvgIpc) is 2.48. The van der Waals surface area contributed by atoms with Crippen LogP contribution in [0.1, 0.15) is 44.2 Å². The van der Waals surface area contributed by atoms with E-state index in [0.29, 0.717) is 6.42 Å². The van der Waals surface area contributed by atoms with Crippen molar-refractivity contribution < 1.29 is 9.53 Å². The highest BCUT2D eigenvalue weighted by Gasteiger charge is 2.34. The van der Waals surface area contributed by atoms with Crippen LogP contribution in [0, 0.1) is 0 Å². The Bertz CT molecular complexity index is 462. The maximum Gasteiger partial charge on any atom is 0.223 e. The summed E-state index contributed by atoms with van der Waals surface area (Å²) in [7, 11) is 1.65. The zero-order valence-corrected chi connectivity index (χ0v) is 12.3. The van der Waals surface area contributed by atoms with Crippen molar-refractivity contribution in [3.63, 3.8) is 0 Å². The number of hydrogen-bond donors (Lipinski definition) is 1. The molecule has 1 heterocycles. The minimum absolute atomic E-state index is 0.00309. The monoisotopic (exact) mass is 276 g/mol. The molecule has 1 aromatic rings. The van der Waals surface area contributed by atoms with Crippen LogP contribution in [0.2, 0.25) is 0 Å². The summed E-state index contributed by atoms with van der Waals surface area (Å²) in [6.45, 7) is 2.92. The molecule has 0 aromatic heterocycles. The van der Waals surface area contributed by atoms with Gasteiger partial charge in [0.25, 0.3) is 0 Å². The van der Waals surface area contributed by atoms with Gasteiger partial charge in [0.15, 0.2) is 0 Å². The molecule has 110 valence electrons. The third-order valence-corrected chi connectivity index (χ3v) is 3.94. The van der Waals surface area contributed by atoms with E-state index >= 15 is 0 Å². The predicted octanol–water partition coefficient (Wildman–Crippen LogP) is 2.49. The molecule has 0 saturated carbocycles. The van der Waals surface area contributed by atoms with Crippen LogP contribution in [-0.4, -0.2) is 30.5 Å². The number of carbonyl (C=O) groups excluding carboxylic acids is 1. The van der Waals surface area contributed by atoms with E-state index in [1.54, 1.807) is 7.11 Å². The number of nitrogens with two attached hydrogens (primary N) is 1. The van der Waals surface area contributed by atoms with Crippen molar-refractivity contribution in [2.75, 3.05) is 13.7 Å². The second-order valence-electron chi connectivity index (χ2n) is 5.36. The number of likely N-dealkylation sites (tertiary alicyclic amines) is 1. The Morgan fingerprint density at radius 1 is 1.45 bits per heavy atom. The van der Waals surface area contributed by atoms with Crippen LogP contribution in [0.25, 0.3) is 0 Å². The Hall–Kier alpha value is -1.55. The lowest BCUT2D eigenvalue weighted by Crippen LogP contribution is -2.49. The number of carbonyl (C=O) groups is 1. The quantitative estimate of drug-likeness (QED) is 0.899. The van der Waals surface area contributed by atoms with Crippen molar-refractivity contribution in [3.8, 4) is 5.75 Å². The number of rotatable bonds is 5. The van der Waals surface area contributed by atoms with Gasteiger partial charge in [0, 0.05) is 19.0 Å². The number of ether oxygens (including phenoxy) is 1. The first-order valence-electron chi connectivity index (χ1n) is 7.36. The molecule has 1 saturated heterocycles. The Kier molecular flexibility index (Phi) is 5.01. The van der Waals surface area contributed by atoms with Gasteiger partial charge in [0.2, 0.25) is 5.91 Å². The van der Waals surface area contributed by atoms with Gasteiger partial charge in [-0.2, -0.15) is 0 Å². The maximum atomic E-state index is 12.2. The fourth-order valence-corrected chi connectivity index (χ4v) is 2.82. The molecule has 20 heavy (non-hydrogen) atoms. The van der Waals surface area contributed by atoms with Crippen molar-refractivity contribution in [3.05, 3.63) is 29.8 Å². The molecule has 4 nitrogen and oxygen atoms in total. The normalized spacial score (nSPS) is 22.9. The zero-order valence-electron chi connectivity index (χ0n) is 12.3. The number of nitrogens with zero attached hydrogens (tertiary/aromatic N) is 1. The molecule has 0 radical (unpaired) electrons. The molecule has 1 aromatic carbocycles. The highest BCUT2D eigenvalue weighted by Crippen LogP contribution is 2.32. The first-order valence-corrected chi connectivity index (χ1v) is 7.36. The van der Waals surface area contributed by atoms with Crippen molar-refractivity contribution in [2.45, 2.75) is 44.7 Å². The average molecular weight is 276 g/mol. The second-order valence-corrected chi connectivity index (χ2v) is 5.36. The van der Waals surface area contributed by atoms with Gasteiger partial charge in [-0.05, 0) is 30.5 Å². The molecule has 0 spiro atoms. The van der Waals surface area contributed by atoms with E-state index in [9.17, 15) is 4.79 Å². The van der Waals surface area contributed by atoms with Crippen LogP contribution < -0.4 is 10.5 Å². The Morgan fingerprint density at radius 3 is 2.95 bits per heavy atom. The standard InChI is InChI=1S/C16H24N2O2/c1-3-4-10-18-15(19)9-8-14(17)16(18)12-6-5-7-13(11-12)20-2/h5-7,11,14,16H,3-4,8-10,17H2,1-2H3. The first-order chi connectivity index (χ1) is 9.67. The van der Waals surface area contributed by atoms with E-state index < -0.39 is 0 Å². The van der Waals surface area contributed by atoms with Crippen LogP contribution in [0.15, 0.2) is 24.3 Å². The summed E-state index contributed by atoms with van der Waals surface area (Å²) in [5.74, 6) is 1.02. The molecule has 1 aliphatic heterocycles. The smallest absolute Gasteiger partial charge is 0.223 e. The summed E-state index contributed by atoms with van der Waals surface area (Å²) >= 11 is 0. The van der Waals surface area contributed by atoms with E-state index in [2.05, 4.69) is 6.92 Å². The van der Waals surface area contributed by atoms with Crippen molar-refractivity contribution in [1.29, 1.82) is 0 Å². The molecule has 2 rings (SSSR count). The first kappa shape index (κ1) is 14.9. The summed E-state index contributed by atoms with van der Waals surface area (Å²) < 4.78 is 5.28. The molecule has 1 fully saturated rings. The fourth-order valence-electron chi connectivity index (χ4n) is 2.82. The summed E-state index contributed by atoms with van der Waals surface area (Å²) in [5, 5.41) is 0. The number of unbranched alkanes of at least 4 members (excludes halogenated alkanes) is 1. The van der Waals surface area contributed by atoms with Gasteiger partial charge in [0.1, 0.15) is 5.75 Å². The van der Waals surface area contributed by atoms with Crippen molar-refractivity contribution in [2.24, 2.45) is 5.73 Å². The molecule has 4 heteroatoms.